The van der Waals surface area contributed by atoms with Crippen LogP contribution < -0.4 is 0 Å². The van der Waals surface area contributed by atoms with Crippen molar-refractivity contribution in [2.45, 2.75) is 13.3 Å². The van der Waals surface area contributed by atoms with Gasteiger partial charge in [-0.15, -0.1) is 0 Å². The minimum atomic E-state index is -1.29. The molecule has 0 heterocycles. The van der Waals surface area contributed by atoms with E-state index in [2.05, 4.69) is 6.58 Å². The number of fused-ring (bicyclic) bond motifs is 1. The predicted molar refractivity (Wildman–Crippen MR) is 107 cm³/mol. The zero-order chi connectivity index (χ0) is 20.8. The van der Waals surface area contributed by atoms with Gasteiger partial charge in [-0.3, -0.25) is 0 Å². The number of hydrogen-bond donors (Lipinski definition) is 4. The van der Waals surface area contributed by atoms with Crippen LogP contribution in [0.5, 0.6) is 5.75 Å². The highest BCUT2D eigenvalue weighted by molar-refractivity contribution is 6.02. The summed E-state index contributed by atoms with van der Waals surface area (Å²) in [4.78, 5) is 22.9. The highest BCUT2D eigenvalue weighted by atomic mass is 16.4. The summed E-state index contributed by atoms with van der Waals surface area (Å²) in [5.41, 5.74) is 0.585. The Kier molecular flexibility index (Phi) is 6.39. The van der Waals surface area contributed by atoms with Crippen LogP contribution in [-0.4, -0.2) is 32.4 Å². The highest BCUT2D eigenvalue weighted by Gasteiger charge is 2.17. The Hall–Kier alpha value is -3.80. The summed E-state index contributed by atoms with van der Waals surface area (Å²) in [6, 6.07) is 8.17. The fourth-order valence-electron chi connectivity index (χ4n) is 2.82. The number of phenols is 1. The second kappa shape index (κ2) is 8.73. The third-order valence-electron chi connectivity index (χ3n) is 4.12. The summed E-state index contributed by atoms with van der Waals surface area (Å²) in [5, 5.41) is 39.6. The quantitative estimate of drug-likeness (QED) is 0.322. The number of aliphatic hydroxyl groups is 1. The predicted octanol–water partition coefficient (Wildman–Crippen LogP) is 4.37. The molecule has 2 rings (SSSR count). The number of carbonyl (C=O) groups is 2. The van der Waals surface area contributed by atoms with Crippen molar-refractivity contribution in [1.82, 2.24) is 0 Å². The first-order valence-electron chi connectivity index (χ1n) is 8.36. The van der Waals surface area contributed by atoms with Gasteiger partial charge in [0.25, 0.3) is 0 Å². The summed E-state index contributed by atoms with van der Waals surface area (Å²) in [5.74, 6) is -3.23. The average Bonchev–Trinajstić information content (AvgIpc) is 2.65. The fourth-order valence-corrected chi connectivity index (χ4v) is 2.82. The molecule has 2 aromatic rings. The van der Waals surface area contributed by atoms with Crippen LogP contribution in [0.15, 0.2) is 78.1 Å². The van der Waals surface area contributed by atoms with E-state index in [9.17, 15) is 30.0 Å². The number of aliphatic hydroxyl groups excluding tert-OH is 1. The van der Waals surface area contributed by atoms with E-state index in [1.165, 1.54) is 25.1 Å². The van der Waals surface area contributed by atoms with Crippen molar-refractivity contribution in [2.75, 3.05) is 0 Å². The number of carboxylic acid groups (broad SMARTS) is 2. The monoisotopic (exact) mass is 380 g/mol. The van der Waals surface area contributed by atoms with E-state index in [4.69, 9.17) is 0 Å². The molecule has 0 fully saturated rings. The van der Waals surface area contributed by atoms with Crippen LogP contribution in [0.3, 0.4) is 0 Å². The summed E-state index contributed by atoms with van der Waals surface area (Å²) in [7, 11) is 0. The van der Waals surface area contributed by atoms with E-state index < -0.39 is 11.9 Å². The second-order valence-corrected chi connectivity index (χ2v) is 6.08. The van der Waals surface area contributed by atoms with Crippen LogP contribution >= 0.6 is 0 Å². The molecule has 0 aliphatic rings. The molecule has 0 saturated carbocycles. The van der Waals surface area contributed by atoms with Gasteiger partial charge in [0.1, 0.15) is 17.1 Å². The third-order valence-corrected chi connectivity index (χ3v) is 4.12. The maximum absolute atomic E-state index is 11.5. The molecule has 0 amide bonds. The van der Waals surface area contributed by atoms with Crippen molar-refractivity contribution in [2.24, 2.45) is 0 Å². The molecule has 0 radical (unpaired) electrons. The van der Waals surface area contributed by atoms with Crippen LogP contribution in [0, 0.1) is 0 Å². The molecule has 0 atom stereocenters. The van der Waals surface area contributed by atoms with Gasteiger partial charge in [-0.25, -0.2) is 9.59 Å². The lowest BCUT2D eigenvalue weighted by Gasteiger charge is -2.12. The zero-order valence-electron chi connectivity index (χ0n) is 15.2. The first-order chi connectivity index (χ1) is 13.3. The summed E-state index contributed by atoms with van der Waals surface area (Å²) < 4.78 is 0. The molecule has 4 N–H and O–H groups in total. The number of aromatic hydroxyl groups is 1. The van der Waals surface area contributed by atoms with E-state index in [1.807, 2.05) is 0 Å². The lowest BCUT2D eigenvalue weighted by atomic mass is 9.93. The standard InChI is InChI=1S/C22H20O6/c1-3-4-7-14(11-18(13(2)23)21(25)26)10-15-12-19(22(27)28)20(24)17-9-6-5-8-16(15)17/h3-9,11-12,23-24H,1,10H2,2H3,(H,25,26)(H,27,28)/b7-4+,14-11-,18-13+. The number of hydrogen-bond acceptors (Lipinski definition) is 4. The smallest absolute Gasteiger partial charge is 0.339 e. The molecule has 0 aromatic heterocycles. The number of aliphatic carboxylic acids is 1. The van der Waals surface area contributed by atoms with Crippen molar-refractivity contribution < 1.29 is 30.0 Å². The van der Waals surface area contributed by atoms with E-state index in [1.54, 1.807) is 36.4 Å². The van der Waals surface area contributed by atoms with Crippen LogP contribution in [-0.2, 0) is 11.2 Å². The molecule has 6 nitrogen and oxygen atoms in total. The van der Waals surface area contributed by atoms with Gasteiger partial charge < -0.3 is 20.4 Å². The first-order valence-corrected chi connectivity index (χ1v) is 8.36. The Morgan fingerprint density at radius 1 is 1.11 bits per heavy atom. The molecule has 6 heteroatoms. The molecule has 0 aliphatic carbocycles. The highest BCUT2D eigenvalue weighted by Crippen LogP contribution is 2.33. The molecule has 144 valence electrons. The molecule has 2 aromatic carbocycles. The minimum absolute atomic E-state index is 0.176. The molecule has 0 bridgehead atoms. The number of aromatic carboxylic acids is 1. The Morgan fingerprint density at radius 2 is 1.75 bits per heavy atom. The van der Waals surface area contributed by atoms with Crippen molar-refractivity contribution in [3.05, 3.63) is 89.2 Å². The van der Waals surface area contributed by atoms with E-state index in [-0.39, 0.29) is 29.1 Å². The van der Waals surface area contributed by atoms with Gasteiger partial charge in [-0.2, -0.15) is 0 Å². The number of carboxylic acids is 2. The van der Waals surface area contributed by atoms with Crippen molar-refractivity contribution >= 4 is 22.7 Å². The van der Waals surface area contributed by atoms with Gasteiger partial charge in [-0.05, 0) is 42.0 Å². The molecular formula is C22H20O6. The summed E-state index contributed by atoms with van der Waals surface area (Å²) >= 11 is 0. The molecular weight excluding hydrogens is 360 g/mol. The summed E-state index contributed by atoms with van der Waals surface area (Å²) in [6.45, 7) is 4.86. The molecule has 0 spiro atoms. The normalized spacial score (nSPS) is 12.8. The summed E-state index contributed by atoms with van der Waals surface area (Å²) in [6.07, 6.45) is 6.25. The van der Waals surface area contributed by atoms with Gasteiger partial charge in [0.2, 0.25) is 0 Å². The van der Waals surface area contributed by atoms with Crippen molar-refractivity contribution in [1.29, 1.82) is 0 Å². The first kappa shape index (κ1) is 20.5. The maximum atomic E-state index is 11.5. The number of benzene rings is 2. The topological polar surface area (TPSA) is 115 Å². The maximum Gasteiger partial charge on any atom is 0.339 e. The largest absolute Gasteiger partial charge is 0.512 e. The molecule has 0 aliphatic heterocycles. The van der Waals surface area contributed by atoms with Gasteiger partial charge in [0, 0.05) is 5.39 Å². The molecule has 0 saturated heterocycles. The van der Waals surface area contributed by atoms with Crippen LogP contribution in [0.4, 0.5) is 0 Å². The van der Waals surface area contributed by atoms with E-state index in [0.717, 1.165) is 0 Å². The third kappa shape index (κ3) is 4.48. The lowest BCUT2D eigenvalue weighted by molar-refractivity contribution is -0.132. The van der Waals surface area contributed by atoms with Gasteiger partial charge in [0.15, 0.2) is 0 Å². The van der Waals surface area contributed by atoms with Crippen molar-refractivity contribution in [3.63, 3.8) is 0 Å². The Labute approximate surface area is 161 Å². The van der Waals surface area contributed by atoms with Gasteiger partial charge >= 0.3 is 11.9 Å². The minimum Gasteiger partial charge on any atom is -0.512 e. The second-order valence-electron chi connectivity index (χ2n) is 6.08. The number of rotatable bonds is 7. The fraction of sp³-hybridized carbons (Fsp3) is 0.0909. The SMILES string of the molecule is C=C/C=C/C(=C/C(C(=O)O)=C(/C)O)Cc1cc(C(=O)O)c(O)c2ccccc12. The van der Waals surface area contributed by atoms with E-state index >= 15 is 0 Å². The van der Waals surface area contributed by atoms with Crippen molar-refractivity contribution in [3.8, 4) is 5.75 Å². The van der Waals surface area contributed by atoms with Gasteiger partial charge in [0.05, 0.1) is 5.57 Å². The Balaban J connectivity index is 2.69. The van der Waals surface area contributed by atoms with Crippen LogP contribution in [0.25, 0.3) is 10.8 Å². The molecule has 28 heavy (non-hydrogen) atoms. The van der Waals surface area contributed by atoms with Gasteiger partial charge in [-0.1, -0.05) is 49.1 Å². The van der Waals surface area contributed by atoms with Crippen LogP contribution in [0.2, 0.25) is 0 Å². The molecule has 0 unspecified atom stereocenters. The Morgan fingerprint density at radius 3 is 2.29 bits per heavy atom. The Bertz CT molecular complexity index is 1040. The zero-order valence-corrected chi connectivity index (χ0v) is 15.2. The van der Waals surface area contributed by atoms with E-state index in [0.29, 0.717) is 21.9 Å². The number of allylic oxidation sites excluding steroid dienone is 5. The average molecular weight is 380 g/mol. The lowest BCUT2D eigenvalue weighted by Crippen LogP contribution is -2.04. The van der Waals surface area contributed by atoms with Crippen LogP contribution in [0.1, 0.15) is 22.8 Å².